The summed E-state index contributed by atoms with van der Waals surface area (Å²) in [4.78, 5) is 18.1. The number of rotatable bonds is 7. The molecular formula is C16H31ClN4O3. The molecule has 0 aromatic carbocycles. The van der Waals surface area contributed by atoms with E-state index in [4.69, 9.17) is 15.0 Å². The van der Waals surface area contributed by atoms with E-state index in [9.17, 15) is 4.79 Å². The lowest BCUT2D eigenvalue weighted by Crippen LogP contribution is -2.48. The zero-order valence-electron chi connectivity index (χ0n) is 15.7. The van der Waals surface area contributed by atoms with Gasteiger partial charge >= 0.3 is 0 Å². The largest absolute Gasteiger partial charge is 0.370 e. The minimum Gasteiger partial charge on any atom is -0.370 e. The Balaban J connectivity index is 0.00000529. The van der Waals surface area contributed by atoms with Gasteiger partial charge in [-0.15, -0.1) is 12.4 Å². The molecule has 8 heteroatoms. The van der Waals surface area contributed by atoms with Crippen LogP contribution in [0.4, 0.5) is 0 Å². The molecule has 0 bridgehead atoms. The van der Waals surface area contributed by atoms with Crippen LogP contribution >= 0.6 is 12.4 Å². The number of carbonyl (C=O) groups is 1. The Hall–Kier alpha value is -1.18. The molecule has 0 radical (unpaired) electrons. The molecule has 2 atom stereocenters. The highest BCUT2D eigenvalue weighted by atomic mass is 35.5. The molecule has 0 fully saturated rings. The molecule has 0 aliphatic heterocycles. The molecular weight excluding hydrogens is 332 g/mol. The summed E-state index contributed by atoms with van der Waals surface area (Å²) in [5.74, 6) is 1.14. The summed E-state index contributed by atoms with van der Waals surface area (Å²) in [5, 5.41) is 3.92. The van der Waals surface area contributed by atoms with Gasteiger partial charge in [0.05, 0.1) is 12.6 Å². The van der Waals surface area contributed by atoms with Crippen molar-refractivity contribution in [2.75, 3.05) is 13.7 Å². The van der Waals surface area contributed by atoms with Crippen molar-refractivity contribution in [2.24, 2.45) is 17.1 Å². The van der Waals surface area contributed by atoms with E-state index in [-0.39, 0.29) is 36.4 Å². The van der Waals surface area contributed by atoms with Crippen molar-refractivity contribution in [3.63, 3.8) is 0 Å². The van der Waals surface area contributed by atoms with Gasteiger partial charge in [-0.2, -0.15) is 4.98 Å². The topological polar surface area (TPSA) is 94.5 Å². The van der Waals surface area contributed by atoms with Crippen LogP contribution in [0.3, 0.4) is 0 Å². The molecule has 0 saturated carbocycles. The average Bonchev–Trinajstić information content (AvgIpc) is 2.90. The number of ether oxygens (including phenoxy) is 1. The van der Waals surface area contributed by atoms with E-state index in [2.05, 4.69) is 24.0 Å². The van der Waals surface area contributed by atoms with Crippen molar-refractivity contribution in [1.82, 2.24) is 15.0 Å². The Morgan fingerprint density at radius 2 is 1.92 bits per heavy atom. The van der Waals surface area contributed by atoms with Gasteiger partial charge in [0, 0.05) is 13.7 Å². The van der Waals surface area contributed by atoms with Crippen molar-refractivity contribution in [3.8, 4) is 0 Å². The number of nitrogens with two attached hydrogens (primary N) is 1. The van der Waals surface area contributed by atoms with E-state index in [0.29, 0.717) is 24.2 Å². The summed E-state index contributed by atoms with van der Waals surface area (Å²) in [6.45, 7) is 12.7. The van der Waals surface area contributed by atoms with E-state index in [1.807, 2.05) is 27.7 Å². The number of carbonyl (C=O) groups excluding carboxylic acids is 1. The third kappa shape index (κ3) is 6.75. The van der Waals surface area contributed by atoms with Crippen LogP contribution in [0.5, 0.6) is 0 Å². The van der Waals surface area contributed by atoms with E-state index >= 15 is 0 Å². The van der Waals surface area contributed by atoms with E-state index < -0.39 is 6.04 Å². The number of halogens is 1. The number of aromatic nitrogens is 2. The molecule has 0 spiro atoms. The molecule has 0 aliphatic rings. The van der Waals surface area contributed by atoms with E-state index in [1.165, 1.54) is 4.90 Å². The fourth-order valence-electron chi connectivity index (χ4n) is 1.80. The number of nitrogens with zero attached hydrogens (tertiary/aromatic N) is 3. The third-order valence-electron chi connectivity index (χ3n) is 3.47. The van der Waals surface area contributed by atoms with Crippen LogP contribution in [-0.4, -0.2) is 40.6 Å². The van der Waals surface area contributed by atoms with Gasteiger partial charge < -0.3 is 19.9 Å². The van der Waals surface area contributed by atoms with Crippen molar-refractivity contribution in [3.05, 3.63) is 11.7 Å². The molecule has 1 aromatic heterocycles. The van der Waals surface area contributed by atoms with Crippen LogP contribution in [0.25, 0.3) is 0 Å². The molecule has 1 aromatic rings. The maximum atomic E-state index is 12.3. The van der Waals surface area contributed by atoms with Gasteiger partial charge in [-0.1, -0.05) is 39.8 Å². The van der Waals surface area contributed by atoms with Gasteiger partial charge in [-0.05, 0) is 18.3 Å². The first-order chi connectivity index (χ1) is 10.5. The first-order valence-electron chi connectivity index (χ1n) is 7.97. The number of hydrogen-bond donors (Lipinski definition) is 1. The second-order valence-corrected chi connectivity index (χ2v) is 7.45. The fraction of sp³-hybridized carbons (Fsp3) is 0.812. The number of amides is 1. The molecule has 1 unspecified atom stereocenters. The highest BCUT2D eigenvalue weighted by Gasteiger charge is 2.30. The van der Waals surface area contributed by atoms with E-state index in [0.717, 1.165) is 0 Å². The zero-order chi connectivity index (χ0) is 17.8. The predicted molar refractivity (Wildman–Crippen MR) is 94.7 cm³/mol. The summed E-state index contributed by atoms with van der Waals surface area (Å²) in [5.41, 5.74) is 5.69. The highest BCUT2D eigenvalue weighted by Crippen LogP contribution is 2.20. The number of likely N-dealkylation sites (N-methyl/N-ethyl adjacent to an activating group) is 1. The fourth-order valence-corrected chi connectivity index (χ4v) is 1.80. The lowest BCUT2D eigenvalue weighted by molar-refractivity contribution is -0.134. The first kappa shape index (κ1) is 22.8. The lowest BCUT2D eigenvalue weighted by atomic mass is 9.86. The van der Waals surface area contributed by atoms with Gasteiger partial charge in [-0.3, -0.25) is 4.79 Å². The molecule has 1 rings (SSSR count). The molecule has 24 heavy (non-hydrogen) atoms. The second-order valence-electron chi connectivity index (χ2n) is 7.45. The van der Waals surface area contributed by atoms with Crippen LogP contribution in [-0.2, 0) is 16.1 Å². The van der Waals surface area contributed by atoms with Crippen molar-refractivity contribution >= 4 is 18.3 Å². The number of hydrogen-bond acceptors (Lipinski definition) is 6. The van der Waals surface area contributed by atoms with Gasteiger partial charge in [0.1, 0.15) is 6.10 Å². The quantitative estimate of drug-likeness (QED) is 0.800. The minimum absolute atomic E-state index is 0. The normalized spacial score (nSPS) is 14.2. The molecule has 0 aliphatic carbocycles. The zero-order valence-corrected chi connectivity index (χ0v) is 16.5. The average molecular weight is 363 g/mol. The molecule has 140 valence electrons. The van der Waals surface area contributed by atoms with Crippen molar-refractivity contribution < 1.29 is 14.1 Å². The first-order valence-corrected chi connectivity index (χ1v) is 7.97. The van der Waals surface area contributed by atoms with Crippen LogP contribution in [0.1, 0.15) is 59.4 Å². The van der Waals surface area contributed by atoms with Gasteiger partial charge in [0.25, 0.3) is 0 Å². The summed E-state index contributed by atoms with van der Waals surface area (Å²) >= 11 is 0. The lowest BCUT2D eigenvalue weighted by Gasteiger charge is -2.29. The molecule has 1 heterocycles. The third-order valence-corrected chi connectivity index (χ3v) is 3.47. The maximum Gasteiger partial charge on any atom is 0.246 e. The van der Waals surface area contributed by atoms with Gasteiger partial charge in [-0.25, -0.2) is 0 Å². The maximum absolute atomic E-state index is 12.3. The SMILES string of the molecule is CC(C)COC(C)c1noc(CN(C)C(=O)[C@@H](N)C(C)(C)C)n1.Cl. The Morgan fingerprint density at radius 1 is 1.33 bits per heavy atom. The second kappa shape index (κ2) is 9.34. The Morgan fingerprint density at radius 3 is 2.42 bits per heavy atom. The van der Waals surface area contributed by atoms with Gasteiger partial charge in [0.15, 0.2) is 5.82 Å². The standard InChI is InChI=1S/C16H30N4O3.ClH/c1-10(2)9-22-11(3)14-18-12(23-19-14)8-20(7)15(21)13(17)16(4,5)6;/h10-11,13H,8-9,17H2,1-7H3;1H/t11?,13-;/m1./s1. The molecule has 7 nitrogen and oxygen atoms in total. The van der Waals surface area contributed by atoms with Crippen LogP contribution in [0, 0.1) is 11.3 Å². The van der Waals surface area contributed by atoms with Crippen LogP contribution < -0.4 is 5.73 Å². The Kier molecular flexibility index (Phi) is 8.88. The molecule has 2 N–H and O–H groups in total. The predicted octanol–water partition coefficient (Wildman–Crippen LogP) is 2.56. The Bertz CT molecular complexity index is 514. The summed E-state index contributed by atoms with van der Waals surface area (Å²) in [6.07, 6.45) is -0.243. The van der Waals surface area contributed by atoms with Crippen molar-refractivity contribution in [1.29, 1.82) is 0 Å². The smallest absolute Gasteiger partial charge is 0.246 e. The van der Waals surface area contributed by atoms with Crippen LogP contribution in [0.15, 0.2) is 4.52 Å². The van der Waals surface area contributed by atoms with Gasteiger partial charge in [0.2, 0.25) is 11.8 Å². The molecule has 1 amide bonds. The highest BCUT2D eigenvalue weighted by molar-refractivity contribution is 5.85. The van der Waals surface area contributed by atoms with Crippen molar-refractivity contribution in [2.45, 2.75) is 60.2 Å². The summed E-state index contributed by atoms with van der Waals surface area (Å²) < 4.78 is 10.9. The molecule has 0 saturated heterocycles. The van der Waals surface area contributed by atoms with E-state index in [1.54, 1.807) is 7.05 Å². The summed E-state index contributed by atoms with van der Waals surface area (Å²) in [6, 6.07) is -0.580. The Labute approximate surface area is 150 Å². The minimum atomic E-state index is -0.580. The monoisotopic (exact) mass is 362 g/mol. The van der Waals surface area contributed by atoms with Crippen LogP contribution in [0.2, 0.25) is 0 Å². The summed E-state index contributed by atoms with van der Waals surface area (Å²) in [7, 11) is 1.68.